The number of aromatic nitrogens is 2. The molecule has 0 saturated heterocycles. The molecule has 2 aromatic rings. The molecule has 0 saturated carbocycles. The third-order valence-corrected chi connectivity index (χ3v) is 5.37. The number of nitrogens with zero attached hydrogens (tertiary/aromatic N) is 2. The van der Waals surface area contributed by atoms with Crippen molar-refractivity contribution in [3.63, 3.8) is 0 Å². The summed E-state index contributed by atoms with van der Waals surface area (Å²) in [6, 6.07) is 5.45. The fraction of sp³-hybridized carbons (Fsp3) is 0.462. The molecular formula is C13H16Cl2N2O2S. The van der Waals surface area contributed by atoms with Crippen molar-refractivity contribution < 1.29 is 8.42 Å². The van der Waals surface area contributed by atoms with E-state index in [0.717, 1.165) is 5.52 Å². The molecule has 0 aliphatic rings. The number of para-hydroxylation sites is 1. The van der Waals surface area contributed by atoms with E-state index in [4.69, 9.17) is 23.2 Å². The SMILES string of the molecule is CCS(=O)(=O)CCn1c(C(C)Cl)nc2c(Cl)cccc21. The molecule has 0 amide bonds. The molecule has 7 heteroatoms. The van der Waals surface area contributed by atoms with Gasteiger partial charge < -0.3 is 4.57 Å². The van der Waals surface area contributed by atoms with Crippen LogP contribution in [0.4, 0.5) is 0 Å². The number of rotatable bonds is 5. The Hall–Kier alpha value is -0.780. The van der Waals surface area contributed by atoms with Crippen molar-refractivity contribution in [2.24, 2.45) is 0 Å². The normalized spacial score (nSPS) is 13.8. The summed E-state index contributed by atoms with van der Waals surface area (Å²) in [6.07, 6.45) is 0. The van der Waals surface area contributed by atoms with Crippen LogP contribution < -0.4 is 0 Å². The summed E-state index contributed by atoms with van der Waals surface area (Å²) in [5.41, 5.74) is 1.47. The Morgan fingerprint density at radius 3 is 2.70 bits per heavy atom. The quantitative estimate of drug-likeness (QED) is 0.787. The summed E-state index contributed by atoms with van der Waals surface area (Å²) in [7, 11) is -3.04. The zero-order valence-electron chi connectivity index (χ0n) is 11.3. The van der Waals surface area contributed by atoms with Crippen LogP contribution >= 0.6 is 23.2 Å². The number of benzene rings is 1. The van der Waals surface area contributed by atoms with Crippen LogP contribution in [0.25, 0.3) is 11.0 Å². The fourth-order valence-electron chi connectivity index (χ4n) is 2.04. The van der Waals surface area contributed by atoms with E-state index in [1.165, 1.54) is 0 Å². The van der Waals surface area contributed by atoms with Gasteiger partial charge in [-0.3, -0.25) is 0 Å². The van der Waals surface area contributed by atoms with Gasteiger partial charge in [0.2, 0.25) is 0 Å². The van der Waals surface area contributed by atoms with Crippen LogP contribution in [0.2, 0.25) is 5.02 Å². The van der Waals surface area contributed by atoms with Gasteiger partial charge >= 0.3 is 0 Å². The Kier molecular flexibility index (Phi) is 4.62. The lowest BCUT2D eigenvalue weighted by Crippen LogP contribution is -2.16. The summed E-state index contributed by atoms with van der Waals surface area (Å²) in [5, 5.41) is 0.223. The standard InChI is InChI=1S/C13H16Cl2N2O2S/c1-3-20(18,19)8-7-17-11-6-4-5-10(15)12(11)16-13(17)9(2)14/h4-6,9H,3,7-8H2,1-2H3. The molecule has 1 atom stereocenters. The van der Waals surface area contributed by atoms with E-state index in [-0.39, 0.29) is 16.9 Å². The highest BCUT2D eigenvalue weighted by Crippen LogP contribution is 2.28. The summed E-state index contributed by atoms with van der Waals surface area (Å²) in [4.78, 5) is 4.44. The zero-order valence-corrected chi connectivity index (χ0v) is 13.6. The van der Waals surface area contributed by atoms with E-state index in [1.54, 1.807) is 13.0 Å². The monoisotopic (exact) mass is 334 g/mol. The number of alkyl halides is 1. The molecule has 20 heavy (non-hydrogen) atoms. The first kappa shape index (κ1) is 15.6. The van der Waals surface area contributed by atoms with Gasteiger partial charge in [0, 0.05) is 12.3 Å². The number of imidazole rings is 1. The smallest absolute Gasteiger partial charge is 0.151 e. The van der Waals surface area contributed by atoms with Crippen molar-refractivity contribution in [1.82, 2.24) is 9.55 Å². The van der Waals surface area contributed by atoms with Gasteiger partial charge in [-0.25, -0.2) is 13.4 Å². The second-order valence-electron chi connectivity index (χ2n) is 4.58. The Morgan fingerprint density at radius 1 is 1.40 bits per heavy atom. The van der Waals surface area contributed by atoms with Gasteiger partial charge in [-0.2, -0.15) is 0 Å². The van der Waals surface area contributed by atoms with Crippen LogP contribution in [0.5, 0.6) is 0 Å². The first-order chi connectivity index (χ1) is 9.35. The Labute approximate surface area is 128 Å². The Morgan fingerprint density at radius 2 is 2.10 bits per heavy atom. The lowest BCUT2D eigenvalue weighted by molar-refractivity contribution is 0.589. The van der Waals surface area contributed by atoms with Crippen LogP contribution in [0.1, 0.15) is 25.0 Å². The number of hydrogen-bond donors (Lipinski definition) is 0. The van der Waals surface area contributed by atoms with Gasteiger partial charge in [-0.15, -0.1) is 11.6 Å². The third-order valence-electron chi connectivity index (χ3n) is 3.18. The average molecular weight is 335 g/mol. The van der Waals surface area contributed by atoms with Crippen molar-refractivity contribution >= 4 is 44.1 Å². The van der Waals surface area contributed by atoms with Crippen LogP contribution in [0.15, 0.2) is 18.2 Å². The predicted molar refractivity (Wildman–Crippen MR) is 83.3 cm³/mol. The van der Waals surface area contributed by atoms with Gasteiger partial charge in [0.25, 0.3) is 0 Å². The number of fused-ring (bicyclic) bond motifs is 1. The minimum absolute atomic E-state index is 0.0675. The molecule has 0 N–H and O–H groups in total. The summed E-state index contributed by atoms with van der Waals surface area (Å²) in [6.45, 7) is 3.78. The second-order valence-corrected chi connectivity index (χ2v) is 8.12. The maximum absolute atomic E-state index is 11.7. The predicted octanol–water partition coefficient (Wildman–Crippen LogP) is 3.42. The van der Waals surface area contributed by atoms with Gasteiger partial charge in [0.1, 0.15) is 11.3 Å². The summed E-state index contributed by atoms with van der Waals surface area (Å²) in [5.74, 6) is 0.839. The Balaban J connectivity index is 2.50. The average Bonchev–Trinajstić information content (AvgIpc) is 2.77. The van der Waals surface area contributed by atoms with E-state index in [2.05, 4.69) is 4.98 Å². The molecule has 0 fully saturated rings. The molecule has 1 aromatic carbocycles. The zero-order chi connectivity index (χ0) is 14.9. The van der Waals surface area contributed by atoms with E-state index >= 15 is 0 Å². The maximum Gasteiger partial charge on any atom is 0.151 e. The molecule has 0 bridgehead atoms. The molecule has 0 aliphatic carbocycles. The molecule has 110 valence electrons. The number of sulfone groups is 1. The minimum Gasteiger partial charge on any atom is -0.326 e. The van der Waals surface area contributed by atoms with E-state index in [9.17, 15) is 8.42 Å². The largest absolute Gasteiger partial charge is 0.326 e. The first-order valence-electron chi connectivity index (χ1n) is 6.35. The van der Waals surface area contributed by atoms with Crippen molar-refractivity contribution in [1.29, 1.82) is 0 Å². The molecule has 4 nitrogen and oxygen atoms in total. The highest BCUT2D eigenvalue weighted by molar-refractivity contribution is 7.91. The maximum atomic E-state index is 11.7. The highest BCUT2D eigenvalue weighted by atomic mass is 35.5. The minimum atomic E-state index is -3.04. The number of halogens is 2. The van der Waals surface area contributed by atoms with Crippen molar-refractivity contribution in [3.05, 3.63) is 29.0 Å². The molecule has 1 heterocycles. The second kappa shape index (κ2) is 5.92. The van der Waals surface area contributed by atoms with Gasteiger partial charge in [-0.05, 0) is 19.1 Å². The van der Waals surface area contributed by atoms with Crippen molar-refractivity contribution in [2.75, 3.05) is 11.5 Å². The molecular weight excluding hydrogens is 319 g/mol. The molecule has 0 aliphatic heterocycles. The lowest BCUT2D eigenvalue weighted by atomic mass is 10.3. The topological polar surface area (TPSA) is 52.0 Å². The molecule has 1 aromatic heterocycles. The van der Waals surface area contributed by atoms with Gasteiger partial charge in [-0.1, -0.05) is 24.6 Å². The third kappa shape index (κ3) is 3.10. The van der Waals surface area contributed by atoms with Gasteiger partial charge in [0.05, 0.1) is 21.7 Å². The van der Waals surface area contributed by atoms with E-state index in [0.29, 0.717) is 22.9 Å². The van der Waals surface area contributed by atoms with Crippen LogP contribution in [-0.4, -0.2) is 29.5 Å². The van der Waals surface area contributed by atoms with Crippen molar-refractivity contribution in [2.45, 2.75) is 25.8 Å². The number of hydrogen-bond acceptors (Lipinski definition) is 3. The highest BCUT2D eigenvalue weighted by Gasteiger charge is 2.18. The van der Waals surface area contributed by atoms with E-state index < -0.39 is 9.84 Å². The first-order valence-corrected chi connectivity index (χ1v) is 8.98. The summed E-state index contributed by atoms with van der Waals surface area (Å²) < 4.78 is 25.2. The lowest BCUT2D eigenvalue weighted by Gasteiger charge is -2.10. The van der Waals surface area contributed by atoms with Gasteiger partial charge in [0.15, 0.2) is 9.84 Å². The molecule has 2 rings (SSSR count). The van der Waals surface area contributed by atoms with E-state index in [1.807, 2.05) is 23.6 Å². The molecule has 1 unspecified atom stereocenters. The summed E-state index contributed by atoms with van der Waals surface area (Å²) >= 11 is 12.3. The molecule has 0 spiro atoms. The Bertz CT molecular complexity index is 723. The van der Waals surface area contributed by atoms with Crippen LogP contribution in [-0.2, 0) is 16.4 Å². The van der Waals surface area contributed by atoms with Crippen LogP contribution in [0.3, 0.4) is 0 Å². The fourth-order valence-corrected chi connectivity index (χ4v) is 3.17. The van der Waals surface area contributed by atoms with Crippen molar-refractivity contribution in [3.8, 4) is 0 Å². The number of aryl methyl sites for hydroxylation is 1. The molecule has 0 radical (unpaired) electrons. The van der Waals surface area contributed by atoms with Crippen LogP contribution in [0, 0.1) is 0 Å².